The monoisotopic (exact) mass is 313 g/mol. The predicted octanol–water partition coefficient (Wildman–Crippen LogP) is 1.68. The van der Waals surface area contributed by atoms with Crippen molar-refractivity contribution in [2.24, 2.45) is 11.8 Å². The van der Waals surface area contributed by atoms with Gasteiger partial charge in [-0.2, -0.15) is 0 Å². The van der Waals surface area contributed by atoms with Gasteiger partial charge in [-0.3, -0.25) is 9.59 Å². The molecule has 2 amide bonds. The zero-order valence-corrected chi connectivity index (χ0v) is 13.3. The zero-order chi connectivity index (χ0) is 15.8. The highest BCUT2D eigenvalue weighted by Crippen LogP contribution is 2.34. The van der Waals surface area contributed by atoms with Crippen molar-refractivity contribution in [2.45, 2.75) is 38.8 Å². The van der Waals surface area contributed by atoms with E-state index in [0.717, 1.165) is 32.4 Å². The highest BCUT2D eigenvalue weighted by atomic mass is 16.2. The quantitative estimate of drug-likeness (QED) is 0.844. The molecule has 1 unspecified atom stereocenters. The Labute approximate surface area is 136 Å². The highest BCUT2D eigenvalue weighted by Gasteiger charge is 2.42. The van der Waals surface area contributed by atoms with Crippen LogP contribution in [0.4, 0.5) is 0 Å². The maximum absolute atomic E-state index is 13.0. The van der Waals surface area contributed by atoms with Crippen LogP contribution in [0.3, 0.4) is 0 Å². The minimum Gasteiger partial charge on any atom is -0.317 e. The fourth-order valence-corrected chi connectivity index (χ4v) is 4.23. The first-order valence-corrected chi connectivity index (χ1v) is 8.63. The van der Waals surface area contributed by atoms with Crippen LogP contribution in [-0.2, 0) is 22.7 Å². The first-order valence-electron chi connectivity index (χ1n) is 8.63. The molecule has 23 heavy (non-hydrogen) atoms. The molecular formula is C18H23N3O2. The number of rotatable bonds is 2. The van der Waals surface area contributed by atoms with E-state index in [4.69, 9.17) is 0 Å². The number of benzene rings is 1. The van der Waals surface area contributed by atoms with Crippen molar-refractivity contribution in [3.8, 4) is 0 Å². The lowest BCUT2D eigenvalue weighted by molar-refractivity contribution is -0.175. The molecule has 2 fully saturated rings. The lowest BCUT2D eigenvalue weighted by Gasteiger charge is -2.40. The first-order chi connectivity index (χ1) is 11.2. The van der Waals surface area contributed by atoms with E-state index < -0.39 is 0 Å². The third-order valence-electron chi connectivity index (χ3n) is 5.49. The van der Waals surface area contributed by atoms with E-state index in [-0.39, 0.29) is 17.7 Å². The normalized spacial score (nSPS) is 26.6. The Hall–Kier alpha value is -1.72. The van der Waals surface area contributed by atoms with Crippen LogP contribution in [0.1, 0.15) is 36.8 Å². The largest absolute Gasteiger partial charge is 0.317 e. The van der Waals surface area contributed by atoms with Crippen molar-refractivity contribution in [1.82, 2.24) is 15.3 Å². The van der Waals surface area contributed by atoms with Crippen molar-refractivity contribution >= 4 is 11.8 Å². The Balaban J connectivity index is 1.53. The summed E-state index contributed by atoms with van der Waals surface area (Å²) in [6, 6.07) is 8.19. The molecule has 3 aliphatic rings. The Morgan fingerprint density at radius 3 is 2.26 bits per heavy atom. The molecule has 122 valence electrons. The average Bonchev–Trinajstić information content (AvgIpc) is 2.99. The molecule has 0 aliphatic carbocycles. The Kier molecular flexibility index (Phi) is 3.91. The molecule has 0 aromatic heterocycles. The standard InChI is InChI=1S/C18H23N3O2/c22-17-6-5-16(13-7-9-19-10-8-13)18(23)21(17)20-11-14-3-1-2-4-15(14)12-20/h1-4,13,16,19H,5-12H2. The van der Waals surface area contributed by atoms with Gasteiger partial charge in [-0.1, -0.05) is 24.3 Å². The van der Waals surface area contributed by atoms with Crippen LogP contribution in [0.5, 0.6) is 0 Å². The van der Waals surface area contributed by atoms with Gasteiger partial charge >= 0.3 is 0 Å². The molecule has 5 nitrogen and oxygen atoms in total. The fourth-order valence-electron chi connectivity index (χ4n) is 4.23. The van der Waals surface area contributed by atoms with E-state index in [9.17, 15) is 9.59 Å². The molecule has 5 heteroatoms. The molecule has 1 atom stereocenters. The number of amides is 2. The third-order valence-corrected chi connectivity index (χ3v) is 5.49. The summed E-state index contributed by atoms with van der Waals surface area (Å²) in [5, 5.41) is 6.75. The smallest absolute Gasteiger partial charge is 0.247 e. The molecule has 0 radical (unpaired) electrons. The summed E-state index contributed by atoms with van der Waals surface area (Å²) < 4.78 is 0. The lowest BCUT2D eigenvalue weighted by atomic mass is 9.79. The number of imide groups is 1. The SMILES string of the molecule is O=C1CCC(C2CCNCC2)C(=O)N1N1Cc2ccccc2C1. The van der Waals surface area contributed by atoms with Crippen molar-refractivity contribution in [3.05, 3.63) is 35.4 Å². The number of carbonyl (C=O) groups excluding carboxylic acids is 2. The van der Waals surface area contributed by atoms with E-state index in [1.807, 2.05) is 17.1 Å². The van der Waals surface area contributed by atoms with Crippen LogP contribution in [0.15, 0.2) is 24.3 Å². The summed E-state index contributed by atoms with van der Waals surface area (Å²) in [6.07, 6.45) is 3.30. The van der Waals surface area contributed by atoms with Crippen LogP contribution in [0.25, 0.3) is 0 Å². The molecule has 0 bridgehead atoms. The van der Waals surface area contributed by atoms with E-state index in [1.165, 1.54) is 16.1 Å². The number of nitrogens with one attached hydrogen (secondary N) is 1. The summed E-state index contributed by atoms with van der Waals surface area (Å²) in [6.45, 7) is 3.29. The van der Waals surface area contributed by atoms with Crippen molar-refractivity contribution in [3.63, 3.8) is 0 Å². The van der Waals surface area contributed by atoms with Gasteiger partial charge in [0.25, 0.3) is 0 Å². The van der Waals surface area contributed by atoms with Gasteiger partial charge in [0.2, 0.25) is 11.8 Å². The molecule has 2 saturated heterocycles. The van der Waals surface area contributed by atoms with E-state index >= 15 is 0 Å². The zero-order valence-electron chi connectivity index (χ0n) is 13.3. The summed E-state index contributed by atoms with van der Waals surface area (Å²) >= 11 is 0. The molecule has 0 spiro atoms. The van der Waals surface area contributed by atoms with Crippen molar-refractivity contribution in [1.29, 1.82) is 0 Å². The predicted molar refractivity (Wildman–Crippen MR) is 85.9 cm³/mol. The summed E-state index contributed by atoms with van der Waals surface area (Å²) in [7, 11) is 0. The van der Waals surface area contributed by atoms with Gasteiger partial charge in [-0.15, -0.1) is 0 Å². The minimum atomic E-state index is -0.0343. The lowest BCUT2D eigenvalue weighted by Crippen LogP contribution is -2.54. The number of fused-ring (bicyclic) bond motifs is 1. The summed E-state index contributed by atoms with van der Waals surface area (Å²) in [5.74, 6) is 0.428. The van der Waals surface area contributed by atoms with Crippen molar-refractivity contribution < 1.29 is 9.59 Å². The van der Waals surface area contributed by atoms with E-state index in [2.05, 4.69) is 17.4 Å². The van der Waals surface area contributed by atoms with Gasteiger partial charge in [-0.25, -0.2) is 10.0 Å². The second-order valence-electron chi connectivity index (χ2n) is 6.87. The van der Waals surface area contributed by atoms with Crippen molar-refractivity contribution in [2.75, 3.05) is 13.1 Å². The van der Waals surface area contributed by atoms with Gasteiger partial charge in [0.1, 0.15) is 0 Å². The molecule has 3 aliphatic heterocycles. The first kappa shape index (κ1) is 14.8. The highest BCUT2D eigenvalue weighted by molar-refractivity contribution is 5.98. The van der Waals surface area contributed by atoms with E-state index in [1.54, 1.807) is 0 Å². The second-order valence-corrected chi connectivity index (χ2v) is 6.87. The molecule has 4 rings (SSSR count). The maximum Gasteiger partial charge on any atom is 0.247 e. The third kappa shape index (κ3) is 2.68. The average molecular weight is 313 g/mol. The number of piperidine rings is 2. The van der Waals surface area contributed by atoms with Gasteiger partial charge in [0, 0.05) is 25.4 Å². The number of hydrazine groups is 1. The van der Waals surface area contributed by atoms with Crippen LogP contribution in [0.2, 0.25) is 0 Å². The Bertz CT molecular complexity index is 599. The second kappa shape index (κ2) is 6.06. The topological polar surface area (TPSA) is 52.7 Å². The number of nitrogens with zero attached hydrogens (tertiary/aromatic N) is 2. The molecule has 1 aromatic rings. The van der Waals surface area contributed by atoms with Crippen LogP contribution < -0.4 is 5.32 Å². The summed E-state index contributed by atoms with van der Waals surface area (Å²) in [4.78, 5) is 25.4. The number of hydrogen-bond acceptors (Lipinski definition) is 4. The molecular weight excluding hydrogens is 290 g/mol. The molecule has 1 N–H and O–H groups in total. The van der Waals surface area contributed by atoms with Crippen LogP contribution in [0, 0.1) is 11.8 Å². The maximum atomic E-state index is 13.0. The van der Waals surface area contributed by atoms with Gasteiger partial charge < -0.3 is 5.32 Å². The Morgan fingerprint density at radius 1 is 0.957 bits per heavy atom. The van der Waals surface area contributed by atoms with Crippen LogP contribution in [-0.4, -0.2) is 34.9 Å². The summed E-state index contributed by atoms with van der Waals surface area (Å²) in [5.41, 5.74) is 2.44. The van der Waals surface area contributed by atoms with Gasteiger partial charge in [0.05, 0.1) is 0 Å². The minimum absolute atomic E-state index is 0.0125. The number of carbonyl (C=O) groups is 2. The fraction of sp³-hybridized carbons (Fsp3) is 0.556. The van der Waals surface area contributed by atoms with Crippen LogP contribution >= 0.6 is 0 Å². The van der Waals surface area contributed by atoms with Gasteiger partial charge in [0.15, 0.2) is 0 Å². The van der Waals surface area contributed by atoms with E-state index in [0.29, 0.717) is 25.4 Å². The van der Waals surface area contributed by atoms with Gasteiger partial charge in [-0.05, 0) is 49.4 Å². The molecule has 0 saturated carbocycles. The molecule has 3 heterocycles. The number of hydrogen-bond donors (Lipinski definition) is 1. The molecule has 1 aromatic carbocycles. The Morgan fingerprint density at radius 2 is 1.61 bits per heavy atom.